The summed E-state index contributed by atoms with van der Waals surface area (Å²) < 4.78 is 26.1. The van der Waals surface area contributed by atoms with Crippen LogP contribution in [0.2, 0.25) is 0 Å². The summed E-state index contributed by atoms with van der Waals surface area (Å²) in [7, 11) is -3.71. The number of hydrogen-bond acceptors (Lipinski definition) is 4. The number of anilines is 1. The van der Waals surface area contributed by atoms with Crippen molar-refractivity contribution >= 4 is 27.5 Å². The van der Waals surface area contributed by atoms with Crippen LogP contribution >= 0.6 is 0 Å². The number of hydrogen-bond donors (Lipinski definition) is 1. The van der Waals surface area contributed by atoms with Gasteiger partial charge in [0.05, 0.1) is 11.9 Å². The van der Waals surface area contributed by atoms with E-state index in [0.717, 1.165) is 27.3 Å². The second-order valence-corrected chi connectivity index (χ2v) is 9.60. The first-order chi connectivity index (χ1) is 14.5. The molecule has 1 unspecified atom stereocenters. The smallest absolute Gasteiger partial charge is 0.244 e. The zero-order valence-corrected chi connectivity index (χ0v) is 19.6. The first kappa shape index (κ1) is 24.4. The SMILES string of the molecule is CCNC(=O)C(C)N(Cc1cccc(C)c1)C(=O)CN(c1cccc(C)c1)S(C)(=O)=O. The number of sulfonamides is 1. The Morgan fingerprint density at radius 2 is 1.65 bits per heavy atom. The van der Waals surface area contributed by atoms with E-state index in [4.69, 9.17) is 0 Å². The lowest BCUT2D eigenvalue weighted by molar-refractivity contribution is -0.139. The van der Waals surface area contributed by atoms with Gasteiger partial charge in [-0.15, -0.1) is 0 Å². The molecule has 0 bridgehead atoms. The minimum atomic E-state index is -3.71. The van der Waals surface area contributed by atoms with Crippen LogP contribution in [0.15, 0.2) is 48.5 Å². The van der Waals surface area contributed by atoms with Crippen molar-refractivity contribution in [3.63, 3.8) is 0 Å². The molecule has 168 valence electrons. The second-order valence-electron chi connectivity index (χ2n) is 7.69. The van der Waals surface area contributed by atoms with E-state index in [1.807, 2.05) is 44.2 Å². The highest BCUT2D eigenvalue weighted by Crippen LogP contribution is 2.20. The van der Waals surface area contributed by atoms with Gasteiger partial charge in [-0.05, 0) is 51.0 Å². The number of carbonyl (C=O) groups excluding carboxylic acids is 2. The van der Waals surface area contributed by atoms with Gasteiger partial charge in [-0.1, -0.05) is 42.0 Å². The summed E-state index contributed by atoms with van der Waals surface area (Å²) in [5.74, 6) is -0.739. The molecule has 2 aromatic rings. The Bertz CT molecular complexity index is 1040. The highest BCUT2D eigenvalue weighted by Gasteiger charge is 2.29. The van der Waals surface area contributed by atoms with Gasteiger partial charge < -0.3 is 10.2 Å². The van der Waals surface area contributed by atoms with Gasteiger partial charge in [0.15, 0.2) is 0 Å². The predicted octanol–water partition coefficient (Wildman–Crippen LogP) is 2.62. The quantitative estimate of drug-likeness (QED) is 0.643. The Morgan fingerprint density at radius 3 is 2.19 bits per heavy atom. The summed E-state index contributed by atoms with van der Waals surface area (Å²) in [6, 6.07) is 13.9. The molecule has 7 nitrogen and oxygen atoms in total. The van der Waals surface area contributed by atoms with Crippen LogP contribution in [0.3, 0.4) is 0 Å². The van der Waals surface area contributed by atoms with Gasteiger partial charge in [0.25, 0.3) is 0 Å². The van der Waals surface area contributed by atoms with Crippen LogP contribution < -0.4 is 9.62 Å². The third-order valence-corrected chi connectivity index (χ3v) is 6.06. The van der Waals surface area contributed by atoms with Crippen LogP contribution in [0.1, 0.15) is 30.5 Å². The molecule has 2 amide bonds. The average molecular weight is 446 g/mol. The fourth-order valence-electron chi connectivity index (χ4n) is 3.31. The Kier molecular flexibility index (Phi) is 8.21. The van der Waals surface area contributed by atoms with Crippen molar-refractivity contribution < 1.29 is 18.0 Å². The molecule has 0 spiro atoms. The van der Waals surface area contributed by atoms with Crippen LogP contribution in [-0.4, -0.2) is 50.5 Å². The molecule has 0 aromatic heterocycles. The van der Waals surface area contributed by atoms with E-state index in [2.05, 4.69) is 5.32 Å². The highest BCUT2D eigenvalue weighted by molar-refractivity contribution is 7.92. The van der Waals surface area contributed by atoms with Crippen LogP contribution in [0.4, 0.5) is 5.69 Å². The Hall–Kier alpha value is -2.87. The van der Waals surface area contributed by atoms with Gasteiger partial charge in [-0.25, -0.2) is 8.42 Å². The molecule has 0 saturated heterocycles. The van der Waals surface area contributed by atoms with Crippen LogP contribution in [-0.2, 0) is 26.2 Å². The third-order valence-electron chi connectivity index (χ3n) is 4.92. The molecule has 0 radical (unpaired) electrons. The molecule has 0 heterocycles. The average Bonchev–Trinajstić information content (AvgIpc) is 2.69. The maximum absolute atomic E-state index is 13.3. The zero-order valence-electron chi connectivity index (χ0n) is 18.8. The number of nitrogens with zero attached hydrogens (tertiary/aromatic N) is 2. The maximum Gasteiger partial charge on any atom is 0.244 e. The Labute approximate surface area is 185 Å². The zero-order chi connectivity index (χ0) is 23.2. The number of nitrogens with one attached hydrogen (secondary N) is 1. The van der Waals surface area contributed by atoms with Gasteiger partial charge in [-0.2, -0.15) is 0 Å². The summed E-state index contributed by atoms with van der Waals surface area (Å²) in [6.07, 6.45) is 1.07. The molecule has 2 aromatic carbocycles. The van der Waals surface area contributed by atoms with Gasteiger partial charge in [0.1, 0.15) is 12.6 Å². The molecular formula is C23H31N3O4S. The fourth-order valence-corrected chi connectivity index (χ4v) is 4.15. The molecule has 2 rings (SSSR count). The van der Waals surface area contributed by atoms with Crippen molar-refractivity contribution in [2.75, 3.05) is 23.7 Å². The molecule has 1 atom stereocenters. The number of likely N-dealkylation sites (N-methyl/N-ethyl adjacent to an activating group) is 1. The van der Waals surface area contributed by atoms with Crippen LogP contribution in [0.5, 0.6) is 0 Å². The summed E-state index contributed by atoms with van der Waals surface area (Å²) in [5.41, 5.74) is 3.20. The number of aryl methyl sites for hydroxylation is 2. The van der Waals surface area contributed by atoms with Crippen molar-refractivity contribution in [3.8, 4) is 0 Å². The largest absolute Gasteiger partial charge is 0.355 e. The van der Waals surface area contributed by atoms with Gasteiger partial charge >= 0.3 is 0 Å². The van der Waals surface area contributed by atoms with Crippen molar-refractivity contribution in [2.24, 2.45) is 0 Å². The van der Waals surface area contributed by atoms with Gasteiger partial charge in [0.2, 0.25) is 21.8 Å². The molecule has 0 aliphatic rings. The normalized spacial score (nSPS) is 12.2. The minimum Gasteiger partial charge on any atom is -0.355 e. The van der Waals surface area contributed by atoms with E-state index < -0.39 is 28.5 Å². The summed E-state index contributed by atoms with van der Waals surface area (Å²) in [5, 5.41) is 2.74. The minimum absolute atomic E-state index is 0.199. The summed E-state index contributed by atoms with van der Waals surface area (Å²) in [6.45, 7) is 7.51. The lowest BCUT2D eigenvalue weighted by atomic mass is 10.1. The molecule has 0 saturated carbocycles. The van der Waals surface area contributed by atoms with Gasteiger partial charge in [-0.3, -0.25) is 13.9 Å². The van der Waals surface area contributed by atoms with Crippen molar-refractivity contribution in [1.29, 1.82) is 0 Å². The van der Waals surface area contributed by atoms with Crippen molar-refractivity contribution in [2.45, 2.75) is 40.3 Å². The van der Waals surface area contributed by atoms with Crippen molar-refractivity contribution in [3.05, 3.63) is 65.2 Å². The number of amides is 2. The van der Waals surface area contributed by atoms with Crippen LogP contribution in [0.25, 0.3) is 0 Å². The Morgan fingerprint density at radius 1 is 1.03 bits per heavy atom. The van der Waals surface area contributed by atoms with E-state index >= 15 is 0 Å². The molecular weight excluding hydrogens is 414 g/mol. The second kappa shape index (κ2) is 10.4. The number of benzene rings is 2. The topological polar surface area (TPSA) is 86.8 Å². The molecule has 1 N–H and O–H groups in total. The number of rotatable bonds is 9. The first-order valence-corrected chi connectivity index (χ1v) is 12.0. The van der Waals surface area contributed by atoms with Crippen LogP contribution in [0, 0.1) is 13.8 Å². The number of carbonyl (C=O) groups is 2. The summed E-state index contributed by atoms with van der Waals surface area (Å²) >= 11 is 0. The van der Waals surface area contributed by atoms with E-state index in [-0.39, 0.29) is 12.5 Å². The monoisotopic (exact) mass is 445 g/mol. The van der Waals surface area contributed by atoms with E-state index in [1.54, 1.807) is 32.0 Å². The maximum atomic E-state index is 13.3. The summed E-state index contributed by atoms with van der Waals surface area (Å²) in [4.78, 5) is 27.3. The van der Waals surface area contributed by atoms with Gasteiger partial charge in [0, 0.05) is 13.1 Å². The molecule has 8 heteroatoms. The lowest BCUT2D eigenvalue weighted by Crippen LogP contribution is -2.51. The first-order valence-electron chi connectivity index (χ1n) is 10.2. The molecule has 0 aliphatic heterocycles. The molecule has 31 heavy (non-hydrogen) atoms. The van der Waals surface area contributed by atoms with Crippen molar-refractivity contribution in [1.82, 2.24) is 10.2 Å². The molecule has 0 aliphatic carbocycles. The third kappa shape index (κ3) is 6.82. The standard InChI is InChI=1S/C23H31N3O4S/c1-6-24-23(28)19(4)25(15-20-11-7-9-17(2)13-20)22(27)16-26(31(5,29)30)21-12-8-10-18(3)14-21/h7-14,19H,6,15-16H2,1-5H3,(H,24,28). The van der Waals surface area contributed by atoms with E-state index in [1.165, 1.54) is 4.90 Å². The Balaban J connectivity index is 2.38. The predicted molar refractivity (Wildman–Crippen MR) is 123 cm³/mol. The van der Waals surface area contributed by atoms with E-state index in [0.29, 0.717) is 12.2 Å². The highest BCUT2D eigenvalue weighted by atomic mass is 32.2. The lowest BCUT2D eigenvalue weighted by Gasteiger charge is -2.31. The van der Waals surface area contributed by atoms with E-state index in [9.17, 15) is 18.0 Å². The molecule has 0 fully saturated rings. The fraction of sp³-hybridized carbons (Fsp3) is 0.391.